The van der Waals surface area contributed by atoms with Crippen LogP contribution in [0.15, 0.2) is 12.7 Å². The molecule has 9 heteroatoms. The van der Waals surface area contributed by atoms with Gasteiger partial charge in [-0.1, -0.05) is 26.2 Å². The Morgan fingerprint density at radius 1 is 0.917 bits per heavy atom. The van der Waals surface area contributed by atoms with E-state index in [2.05, 4.69) is 65.5 Å². The van der Waals surface area contributed by atoms with E-state index in [1.54, 1.807) is 0 Å². The van der Waals surface area contributed by atoms with Gasteiger partial charge < -0.3 is 17.4 Å². The summed E-state index contributed by atoms with van der Waals surface area (Å²) in [5, 5.41) is 0. The summed E-state index contributed by atoms with van der Waals surface area (Å²) in [5.41, 5.74) is 0. The van der Waals surface area contributed by atoms with Gasteiger partial charge >= 0.3 is 22.6 Å². The van der Waals surface area contributed by atoms with Crippen molar-refractivity contribution in [3.8, 4) is 0 Å². The summed E-state index contributed by atoms with van der Waals surface area (Å²) in [7, 11) is -7.88. The predicted octanol–water partition coefficient (Wildman–Crippen LogP) is 4.18. The Morgan fingerprint density at radius 3 is 1.88 bits per heavy atom. The quantitative estimate of drug-likeness (QED) is 0.222. The molecule has 0 amide bonds. The molecule has 0 aromatic heterocycles. The highest BCUT2D eigenvalue weighted by atomic mass is 29.3. The highest BCUT2D eigenvalue weighted by molar-refractivity contribution is 7.36. The number of hydrogen-bond acceptors (Lipinski definition) is 5. The van der Waals surface area contributed by atoms with Crippen LogP contribution in [0.3, 0.4) is 0 Å². The summed E-state index contributed by atoms with van der Waals surface area (Å²) in [6, 6.07) is 0. The van der Waals surface area contributed by atoms with Gasteiger partial charge in [-0.05, 0) is 39.3 Å². The third kappa shape index (κ3) is 9.44. The first-order valence-electron chi connectivity index (χ1n) is 8.45. The normalized spacial score (nSPS) is 15.7. The number of rotatable bonds is 11. The molecule has 0 aromatic carbocycles. The molecule has 0 heterocycles. The molecule has 0 fully saturated rings. The molecule has 142 valence electrons. The Bertz CT molecular complexity index is 429. The summed E-state index contributed by atoms with van der Waals surface area (Å²) in [5.74, 6) is -0.395. The summed E-state index contributed by atoms with van der Waals surface area (Å²) in [4.78, 5) is 11.1. The average molecular weight is 409 g/mol. The maximum Gasteiger partial charge on any atom is 0.330 e. The third-order valence-electron chi connectivity index (χ3n) is 3.43. The predicted molar refractivity (Wildman–Crippen MR) is 110 cm³/mol. The SMILES string of the molecule is C=CC(=O)OCCCO[Si](C)(O[Si](C)(C)O[Si](C)(C)C)[Si](C)(C)C. The molecule has 1 atom stereocenters. The smallest absolute Gasteiger partial charge is 0.330 e. The van der Waals surface area contributed by atoms with Crippen molar-refractivity contribution in [2.75, 3.05) is 13.2 Å². The molecule has 0 N–H and O–H groups in total. The van der Waals surface area contributed by atoms with Crippen molar-refractivity contribution in [2.24, 2.45) is 0 Å². The summed E-state index contributed by atoms with van der Waals surface area (Å²) >= 11 is 0. The van der Waals surface area contributed by atoms with Crippen molar-refractivity contribution in [2.45, 2.75) is 65.3 Å². The number of esters is 1. The Morgan fingerprint density at radius 2 is 1.46 bits per heavy atom. The van der Waals surface area contributed by atoms with Crippen molar-refractivity contribution >= 4 is 38.5 Å². The van der Waals surface area contributed by atoms with E-state index in [0.717, 1.165) is 0 Å². The van der Waals surface area contributed by atoms with E-state index in [4.69, 9.17) is 17.4 Å². The molecule has 0 rings (SSSR count). The van der Waals surface area contributed by atoms with Gasteiger partial charge in [-0.3, -0.25) is 0 Å². The van der Waals surface area contributed by atoms with Crippen LogP contribution < -0.4 is 0 Å². The van der Waals surface area contributed by atoms with Crippen LogP contribution in [0.4, 0.5) is 0 Å². The van der Waals surface area contributed by atoms with Gasteiger partial charge in [0, 0.05) is 19.1 Å². The molecule has 0 bridgehead atoms. The van der Waals surface area contributed by atoms with Crippen molar-refractivity contribution in [3.63, 3.8) is 0 Å². The van der Waals surface area contributed by atoms with Crippen molar-refractivity contribution in [1.29, 1.82) is 0 Å². The van der Waals surface area contributed by atoms with Crippen LogP contribution >= 0.6 is 0 Å². The van der Waals surface area contributed by atoms with Gasteiger partial charge in [0.25, 0.3) is 0 Å². The Hall–Kier alpha value is -0.0425. The van der Waals surface area contributed by atoms with Crippen LogP contribution in [0.1, 0.15) is 6.42 Å². The Labute approximate surface area is 152 Å². The lowest BCUT2D eigenvalue weighted by Crippen LogP contribution is -2.65. The van der Waals surface area contributed by atoms with Crippen molar-refractivity contribution in [3.05, 3.63) is 12.7 Å². The molecule has 0 spiro atoms. The second-order valence-electron chi connectivity index (χ2n) is 8.49. The molecular formula is C15H36O5Si4. The number of carbonyl (C=O) groups excluding carboxylic acids is 1. The molecule has 5 nitrogen and oxygen atoms in total. The van der Waals surface area contributed by atoms with Gasteiger partial charge in [0.1, 0.15) is 7.59 Å². The maximum absolute atomic E-state index is 11.1. The largest absolute Gasteiger partial charge is 0.462 e. The first kappa shape index (κ1) is 24.0. The van der Waals surface area contributed by atoms with E-state index in [0.29, 0.717) is 19.6 Å². The van der Waals surface area contributed by atoms with Gasteiger partial charge in [-0.2, -0.15) is 0 Å². The topological polar surface area (TPSA) is 54.0 Å². The average Bonchev–Trinajstić information content (AvgIpc) is 2.32. The van der Waals surface area contributed by atoms with E-state index >= 15 is 0 Å². The molecule has 0 aromatic rings. The molecule has 0 saturated carbocycles. The third-order valence-corrected chi connectivity index (χ3v) is 24.4. The fraction of sp³-hybridized carbons (Fsp3) is 0.800. The van der Waals surface area contributed by atoms with E-state index in [-0.39, 0.29) is 0 Å². The first-order chi connectivity index (χ1) is 10.6. The van der Waals surface area contributed by atoms with Crippen LogP contribution in [-0.2, 0) is 22.2 Å². The molecule has 1 unspecified atom stereocenters. The highest BCUT2D eigenvalue weighted by Crippen LogP contribution is 2.28. The van der Waals surface area contributed by atoms with E-state index in [1.165, 1.54) is 6.08 Å². The zero-order valence-electron chi connectivity index (χ0n) is 16.9. The molecular weight excluding hydrogens is 373 g/mol. The minimum atomic E-state index is -2.33. The van der Waals surface area contributed by atoms with Gasteiger partial charge in [-0.15, -0.1) is 0 Å². The molecule has 0 saturated heterocycles. The minimum Gasteiger partial charge on any atom is -0.462 e. The fourth-order valence-corrected chi connectivity index (χ4v) is 21.4. The number of hydrogen-bond donors (Lipinski definition) is 0. The molecule has 0 aliphatic carbocycles. The Kier molecular flexibility index (Phi) is 9.04. The van der Waals surface area contributed by atoms with Crippen LogP contribution in [0, 0.1) is 0 Å². The zero-order chi connectivity index (χ0) is 19.2. The molecule has 0 aliphatic rings. The van der Waals surface area contributed by atoms with E-state index in [9.17, 15) is 4.79 Å². The van der Waals surface area contributed by atoms with Crippen LogP contribution in [0.5, 0.6) is 0 Å². The number of ether oxygens (including phenoxy) is 1. The maximum atomic E-state index is 11.1. The second kappa shape index (κ2) is 9.06. The van der Waals surface area contributed by atoms with Crippen LogP contribution in [0.25, 0.3) is 0 Å². The number of carbonyl (C=O) groups is 1. The second-order valence-corrected chi connectivity index (χ2v) is 31.0. The van der Waals surface area contributed by atoms with Gasteiger partial charge in [-0.25, -0.2) is 4.79 Å². The summed E-state index contributed by atoms with van der Waals surface area (Å²) < 4.78 is 24.3. The molecule has 0 aliphatic heterocycles. The lowest BCUT2D eigenvalue weighted by atomic mass is 10.5. The zero-order valence-corrected chi connectivity index (χ0v) is 20.9. The van der Waals surface area contributed by atoms with Gasteiger partial charge in [0.2, 0.25) is 0 Å². The standard InChI is InChI=1S/C15H36O5Si4/c1-11-15(16)17-13-12-14-18-24(10,22(5,6)7)20-23(8,9)19-21(2,3)4/h11H,1,12-14H2,2-10H3. The summed E-state index contributed by atoms with van der Waals surface area (Å²) in [6.07, 6.45) is 1.83. The lowest BCUT2D eigenvalue weighted by Gasteiger charge is -2.43. The summed E-state index contributed by atoms with van der Waals surface area (Å²) in [6.45, 7) is 24.1. The van der Waals surface area contributed by atoms with E-state index in [1.807, 2.05) is 0 Å². The fourth-order valence-electron chi connectivity index (χ4n) is 2.18. The first-order valence-corrected chi connectivity index (χ1v) is 21.5. The monoisotopic (exact) mass is 408 g/mol. The molecule has 0 radical (unpaired) electrons. The van der Waals surface area contributed by atoms with Gasteiger partial charge in [0.15, 0.2) is 8.32 Å². The molecule has 24 heavy (non-hydrogen) atoms. The minimum absolute atomic E-state index is 0.341. The van der Waals surface area contributed by atoms with Crippen molar-refractivity contribution < 1.29 is 22.2 Å². The highest BCUT2D eigenvalue weighted by Gasteiger charge is 2.50. The van der Waals surface area contributed by atoms with Crippen molar-refractivity contribution in [1.82, 2.24) is 0 Å². The van der Waals surface area contributed by atoms with Crippen LogP contribution in [-0.4, -0.2) is 51.7 Å². The van der Waals surface area contributed by atoms with E-state index < -0.39 is 38.5 Å². The van der Waals surface area contributed by atoms with Gasteiger partial charge in [0.05, 0.1) is 6.61 Å². The lowest BCUT2D eigenvalue weighted by molar-refractivity contribution is -0.137. The Balaban J connectivity index is 4.80. The van der Waals surface area contributed by atoms with Crippen LogP contribution in [0.2, 0.25) is 58.9 Å².